The van der Waals surface area contributed by atoms with Gasteiger partial charge in [-0.25, -0.2) is 9.97 Å². The zero-order valence-electron chi connectivity index (χ0n) is 12.9. The van der Waals surface area contributed by atoms with Gasteiger partial charge in [0.15, 0.2) is 5.13 Å². The molecule has 0 bridgehead atoms. The van der Waals surface area contributed by atoms with E-state index in [1.807, 2.05) is 12.1 Å². The van der Waals surface area contributed by atoms with Crippen LogP contribution in [-0.4, -0.2) is 34.9 Å². The van der Waals surface area contributed by atoms with Gasteiger partial charge in [0.05, 0.1) is 5.69 Å². The maximum atomic E-state index is 11.1. The molecule has 0 spiro atoms. The first kappa shape index (κ1) is 14.7. The molecule has 0 radical (unpaired) electrons. The SMILES string of the molecule is CC(=O)Nc1nc2ccc(C3=C(N(C)C)CCC=C3)nc2s1. The molecule has 0 saturated heterocycles. The number of carbonyl (C=O) groups is 1. The van der Waals surface area contributed by atoms with Crippen molar-refractivity contribution in [3.05, 3.63) is 35.7 Å². The summed E-state index contributed by atoms with van der Waals surface area (Å²) in [7, 11) is 4.13. The van der Waals surface area contributed by atoms with E-state index in [4.69, 9.17) is 4.98 Å². The third kappa shape index (κ3) is 2.87. The molecule has 1 aliphatic rings. The number of carbonyl (C=O) groups excluding carboxylic acids is 1. The van der Waals surface area contributed by atoms with Gasteiger partial charge in [-0.15, -0.1) is 0 Å². The minimum absolute atomic E-state index is 0.118. The summed E-state index contributed by atoms with van der Waals surface area (Å²) >= 11 is 1.40. The van der Waals surface area contributed by atoms with Gasteiger partial charge in [-0.05, 0) is 25.0 Å². The van der Waals surface area contributed by atoms with E-state index in [9.17, 15) is 4.79 Å². The molecule has 114 valence electrons. The maximum absolute atomic E-state index is 11.1. The van der Waals surface area contributed by atoms with E-state index in [1.54, 1.807) is 0 Å². The molecule has 0 aliphatic heterocycles. The summed E-state index contributed by atoms with van der Waals surface area (Å²) in [5.74, 6) is -0.118. The van der Waals surface area contributed by atoms with Gasteiger partial charge >= 0.3 is 0 Å². The number of nitrogens with zero attached hydrogens (tertiary/aromatic N) is 3. The van der Waals surface area contributed by atoms with Gasteiger partial charge in [0.2, 0.25) is 5.91 Å². The topological polar surface area (TPSA) is 58.1 Å². The normalized spacial score (nSPS) is 14.5. The molecular weight excluding hydrogens is 296 g/mol. The van der Waals surface area contributed by atoms with Gasteiger partial charge in [0.25, 0.3) is 0 Å². The first-order valence-electron chi connectivity index (χ1n) is 7.17. The highest BCUT2D eigenvalue weighted by Crippen LogP contribution is 2.31. The Balaban J connectivity index is 2.04. The van der Waals surface area contributed by atoms with Crippen molar-refractivity contribution in [2.24, 2.45) is 0 Å². The third-order valence-corrected chi connectivity index (χ3v) is 4.38. The van der Waals surface area contributed by atoms with Gasteiger partial charge in [0, 0.05) is 32.3 Å². The highest BCUT2D eigenvalue weighted by atomic mass is 32.1. The van der Waals surface area contributed by atoms with Gasteiger partial charge in [-0.1, -0.05) is 23.5 Å². The lowest BCUT2D eigenvalue weighted by atomic mass is 9.99. The summed E-state index contributed by atoms with van der Waals surface area (Å²) in [4.78, 5) is 23.2. The minimum Gasteiger partial charge on any atom is -0.380 e. The Hall–Kier alpha value is -2.21. The number of hydrogen-bond donors (Lipinski definition) is 1. The van der Waals surface area contributed by atoms with Gasteiger partial charge in [-0.3, -0.25) is 4.79 Å². The second-order valence-electron chi connectivity index (χ2n) is 5.42. The zero-order valence-corrected chi connectivity index (χ0v) is 13.7. The van der Waals surface area contributed by atoms with Crippen LogP contribution in [0.1, 0.15) is 25.5 Å². The fourth-order valence-electron chi connectivity index (χ4n) is 2.52. The number of thiazole rings is 1. The van der Waals surface area contributed by atoms with Crippen molar-refractivity contribution in [3.63, 3.8) is 0 Å². The molecule has 0 unspecified atom stereocenters. The number of aromatic nitrogens is 2. The van der Waals surface area contributed by atoms with Crippen LogP contribution < -0.4 is 5.32 Å². The number of rotatable bonds is 3. The van der Waals surface area contributed by atoms with Crippen LogP contribution in [0.2, 0.25) is 0 Å². The molecule has 0 saturated carbocycles. The number of fused-ring (bicyclic) bond motifs is 1. The van der Waals surface area contributed by atoms with E-state index in [2.05, 4.69) is 41.4 Å². The predicted octanol–water partition coefficient (Wildman–Crippen LogP) is 3.27. The smallest absolute Gasteiger partial charge is 0.223 e. The van der Waals surface area contributed by atoms with Crippen molar-refractivity contribution in [2.75, 3.05) is 19.4 Å². The van der Waals surface area contributed by atoms with Gasteiger partial charge < -0.3 is 10.2 Å². The molecule has 2 heterocycles. The van der Waals surface area contributed by atoms with Crippen LogP contribution in [0, 0.1) is 0 Å². The van der Waals surface area contributed by atoms with E-state index >= 15 is 0 Å². The number of nitrogens with one attached hydrogen (secondary N) is 1. The van der Waals surface area contributed by atoms with Crippen molar-refractivity contribution < 1.29 is 4.79 Å². The molecule has 2 aromatic rings. The summed E-state index contributed by atoms with van der Waals surface area (Å²) in [6.45, 7) is 1.48. The van der Waals surface area contributed by atoms with Crippen molar-refractivity contribution in [3.8, 4) is 0 Å². The lowest BCUT2D eigenvalue weighted by Gasteiger charge is -2.22. The van der Waals surface area contributed by atoms with Gasteiger partial charge in [-0.2, -0.15) is 0 Å². The van der Waals surface area contributed by atoms with Crippen LogP contribution in [0.5, 0.6) is 0 Å². The van der Waals surface area contributed by atoms with Crippen LogP contribution in [0.4, 0.5) is 5.13 Å². The lowest BCUT2D eigenvalue weighted by molar-refractivity contribution is -0.114. The average Bonchev–Trinajstić information content (AvgIpc) is 2.87. The van der Waals surface area contributed by atoms with Crippen molar-refractivity contribution >= 4 is 38.3 Å². The highest BCUT2D eigenvalue weighted by Gasteiger charge is 2.15. The molecule has 22 heavy (non-hydrogen) atoms. The maximum Gasteiger partial charge on any atom is 0.223 e. The molecule has 0 aromatic carbocycles. The predicted molar refractivity (Wildman–Crippen MR) is 90.7 cm³/mol. The summed E-state index contributed by atoms with van der Waals surface area (Å²) in [5.41, 5.74) is 4.21. The van der Waals surface area contributed by atoms with Crippen molar-refractivity contribution in [2.45, 2.75) is 19.8 Å². The van der Waals surface area contributed by atoms with E-state index in [1.165, 1.54) is 24.0 Å². The van der Waals surface area contributed by atoms with Crippen LogP contribution >= 0.6 is 11.3 Å². The monoisotopic (exact) mass is 314 g/mol. The van der Waals surface area contributed by atoms with Gasteiger partial charge in [0.1, 0.15) is 10.3 Å². The van der Waals surface area contributed by atoms with Crippen LogP contribution in [0.25, 0.3) is 15.9 Å². The minimum atomic E-state index is -0.118. The van der Waals surface area contributed by atoms with E-state index < -0.39 is 0 Å². The Morgan fingerprint density at radius 3 is 2.86 bits per heavy atom. The quantitative estimate of drug-likeness (QED) is 0.944. The largest absolute Gasteiger partial charge is 0.380 e. The molecule has 0 atom stereocenters. The second-order valence-corrected chi connectivity index (χ2v) is 6.39. The Bertz CT molecular complexity index is 789. The van der Waals surface area contributed by atoms with Crippen LogP contribution in [0.3, 0.4) is 0 Å². The molecule has 6 heteroatoms. The zero-order chi connectivity index (χ0) is 15.7. The average molecular weight is 314 g/mol. The molecule has 2 aromatic heterocycles. The molecule has 5 nitrogen and oxygen atoms in total. The second kappa shape index (κ2) is 5.88. The molecule has 1 amide bonds. The lowest BCUT2D eigenvalue weighted by Crippen LogP contribution is -2.14. The fourth-order valence-corrected chi connectivity index (χ4v) is 3.41. The number of hydrogen-bond acceptors (Lipinski definition) is 5. The van der Waals surface area contributed by atoms with Crippen molar-refractivity contribution in [1.82, 2.24) is 14.9 Å². The van der Waals surface area contributed by atoms with E-state index in [0.717, 1.165) is 34.5 Å². The third-order valence-electron chi connectivity index (χ3n) is 3.50. The summed E-state index contributed by atoms with van der Waals surface area (Å²) < 4.78 is 0. The van der Waals surface area contributed by atoms with Crippen LogP contribution in [-0.2, 0) is 4.79 Å². The molecule has 0 fully saturated rings. The Morgan fingerprint density at radius 2 is 2.14 bits per heavy atom. The molecular formula is C16H18N4OS. The first-order chi connectivity index (χ1) is 10.5. The Labute approximate surface area is 133 Å². The molecule has 1 N–H and O–H groups in total. The first-order valence-corrected chi connectivity index (χ1v) is 7.99. The fraction of sp³-hybridized carbons (Fsp3) is 0.312. The summed E-state index contributed by atoms with van der Waals surface area (Å²) in [6, 6.07) is 3.95. The Morgan fingerprint density at radius 1 is 1.32 bits per heavy atom. The molecule has 3 rings (SSSR count). The number of anilines is 1. The summed E-state index contributed by atoms with van der Waals surface area (Å²) in [6.07, 6.45) is 6.41. The summed E-state index contributed by atoms with van der Waals surface area (Å²) in [5, 5.41) is 3.31. The van der Waals surface area contributed by atoms with Crippen molar-refractivity contribution in [1.29, 1.82) is 0 Å². The molecule has 1 aliphatic carbocycles. The van der Waals surface area contributed by atoms with E-state index in [-0.39, 0.29) is 5.91 Å². The number of pyridine rings is 1. The highest BCUT2D eigenvalue weighted by molar-refractivity contribution is 7.21. The van der Waals surface area contributed by atoms with E-state index in [0.29, 0.717) is 5.13 Å². The van der Waals surface area contributed by atoms with Crippen LogP contribution in [0.15, 0.2) is 30.0 Å². The standard InChI is InChI=1S/C16H18N4OS/c1-10(21)17-16-19-13-9-8-12(18-15(13)22-16)11-6-4-5-7-14(11)20(2)3/h4,6,8-9H,5,7H2,1-3H3,(H,17,19,21). The Kier molecular flexibility index (Phi) is 3.94. The number of amides is 1. The number of allylic oxidation sites excluding steroid dienone is 4.